The number of aliphatic carboxylic acids is 1. The smallest absolute Gasteiger partial charge is 0.475 e. The van der Waals surface area contributed by atoms with Crippen LogP contribution < -0.4 is 9.80 Å². The topological polar surface area (TPSA) is 128 Å². The van der Waals surface area contributed by atoms with Crippen LogP contribution in [-0.2, 0) is 21.1 Å². The number of carbonyl (C=O) groups excluding carboxylic acids is 1. The molecule has 34 heavy (non-hydrogen) atoms. The molecule has 0 saturated carbocycles. The van der Waals surface area contributed by atoms with E-state index in [9.17, 15) is 44.1 Å². The third-order valence-electron chi connectivity index (χ3n) is 4.41. The van der Waals surface area contributed by atoms with E-state index in [0.29, 0.717) is 28.0 Å². The van der Waals surface area contributed by atoms with Crippen LogP contribution in [-0.4, -0.2) is 52.2 Å². The second kappa shape index (κ2) is 9.03. The summed E-state index contributed by atoms with van der Waals surface area (Å²) in [5.74, 6) is -2.76. The molecule has 2 aromatic heterocycles. The van der Waals surface area contributed by atoms with Crippen molar-refractivity contribution in [1.29, 1.82) is 0 Å². The van der Waals surface area contributed by atoms with Gasteiger partial charge in [-0.1, -0.05) is 0 Å². The number of aromatic nitrogens is 1. The highest BCUT2D eigenvalue weighted by molar-refractivity contribution is 7.86. The molecule has 1 fully saturated rings. The lowest BCUT2D eigenvalue weighted by Gasteiger charge is -2.32. The number of amides is 2. The van der Waals surface area contributed by atoms with Gasteiger partial charge >= 0.3 is 24.4 Å². The Morgan fingerprint density at radius 2 is 1.65 bits per heavy atom. The molecule has 3 heterocycles. The van der Waals surface area contributed by atoms with Crippen LogP contribution in [0, 0.1) is 0 Å². The zero-order chi connectivity index (χ0) is 26.3. The Morgan fingerprint density at radius 3 is 2.03 bits per heavy atom. The van der Waals surface area contributed by atoms with E-state index in [4.69, 9.17) is 9.90 Å². The minimum absolute atomic E-state index is 0.236. The number of nitrogens with zero attached hydrogens (tertiary/aromatic N) is 3. The number of pyridine rings is 1. The highest BCUT2D eigenvalue weighted by atomic mass is 32.2. The average molecular weight is 535 g/mol. The first-order valence-electron chi connectivity index (χ1n) is 8.75. The second-order valence-electron chi connectivity index (χ2n) is 7.19. The van der Waals surface area contributed by atoms with Crippen molar-refractivity contribution in [1.82, 2.24) is 4.98 Å². The van der Waals surface area contributed by atoms with Gasteiger partial charge in [0.05, 0.1) is 11.1 Å². The molecule has 1 atom stereocenters. The van der Waals surface area contributed by atoms with E-state index in [0.717, 1.165) is 10.3 Å². The van der Waals surface area contributed by atoms with Crippen LogP contribution in [0.2, 0.25) is 0 Å². The van der Waals surface area contributed by atoms with Gasteiger partial charge in [-0.3, -0.25) is 19.3 Å². The SMILES string of the molecule is CC1(C)C(S(=O)(=O)O)N(c2cc(C(F)(F)F)cs2)C(=O)N1c1ccncc1.O=C(O)C(F)(F)F. The van der Waals surface area contributed by atoms with E-state index >= 15 is 0 Å². The number of rotatable bonds is 3. The molecule has 17 heteroatoms. The van der Waals surface area contributed by atoms with E-state index in [1.807, 2.05) is 0 Å². The number of anilines is 2. The third-order valence-corrected chi connectivity index (χ3v) is 6.69. The number of urea groups is 1. The molecular formula is C17H15F6N3O6S2. The lowest BCUT2D eigenvalue weighted by molar-refractivity contribution is -0.192. The predicted molar refractivity (Wildman–Crippen MR) is 107 cm³/mol. The quantitative estimate of drug-likeness (QED) is 0.445. The van der Waals surface area contributed by atoms with E-state index < -0.39 is 50.9 Å². The first kappa shape index (κ1) is 27.3. The molecule has 0 aromatic carbocycles. The predicted octanol–water partition coefficient (Wildman–Crippen LogP) is 4.23. The van der Waals surface area contributed by atoms with Crippen LogP contribution in [0.1, 0.15) is 19.4 Å². The van der Waals surface area contributed by atoms with Crippen molar-refractivity contribution in [3.8, 4) is 0 Å². The van der Waals surface area contributed by atoms with Crippen LogP contribution >= 0.6 is 11.3 Å². The fourth-order valence-electron chi connectivity index (χ4n) is 3.12. The summed E-state index contributed by atoms with van der Waals surface area (Å²) in [6.07, 6.45) is -6.96. The first-order chi connectivity index (χ1) is 15.3. The van der Waals surface area contributed by atoms with Crippen molar-refractivity contribution in [3.05, 3.63) is 41.5 Å². The summed E-state index contributed by atoms with van der Waals surface area (Å²) in [6, 6.07) is 2.73. The van der Waals surface area contributed by atoms with Crippen molar-refractivity contribution < 1.29 is 54.0 Å². The molecule has 2 N–H and O–H groups in total. The summed E-state index contributed by atoms with van der Waals surface area (Å²) >= 11 is 0.566. The lowest BCUT2D eigenvalue weighted by Crippen LogP contribution is -2.51. The highest BCUT2D eigenvalue weighted by Crippen LogP contribution is 2.45. The number of carbonyl (C=O) groups is 2. The Kier molecular flexibility index (Phi) is 7.26. The molecular weight excluding hydrogens is 520 g/mol. The Balaban J connectivity index is 0.000000509. The Hall–Kier alpha value is -2.92. The van der Waals surface area contributed by atoms with Crippen LogP contribution in [0.3, 0.4) is 0 Å². The maximum Gasteiger partial charge on any atom is 0.490 e. The molecule has 0 radical (unpaired) electrons. The standard InChI is InChI=1S/C15H14F3N3O4S2.C2HF3O2/c1-14(2)12(27(23,24)25)20(11-7-9(8-26-11)15(16,17)18)13(22)21(14)10-3-5-19-6-4-10;3-2(4,5)1(6)7/h3-8,12H,1-2H3,(H,23,24,25);(H,6,7). The summed E-state index contributed by atoms with van der Waals surface area (Å²) in [6.45, 7) is 2.81. The Labute approximate surface area is 192 Å². The molecule has 1 unspecified atom stereocenters. The molecule has 9 nitrogen and oxygen atoms in total. The molecule has 1 aliphatic heterocycles. The Morgan fingerprint density at radius 1 is 1.15 bits per heavy atom. The minimum Gasteiger partial charge on any atom is -0.475 e. The zero-order valence-electron chi connectivity index (χ0n) is 17.0. The van der Waals surface area contributed by atoms with Crippen LogP contribution in [0.25, 0.3) is 0 Å². The second-order valence-corrected chi connectivity index (χ2v) is 9.55. The minimum atomic E-state index is -5.08. The fourth-order valence-corrected chi connectivity index (χ4v) is 5.44. The lowest BCUT2D eigenvalue weighted by atomic mass is 10.0. The highest BCUT2D eigenvalue weighted by Gasteiger charge is 2.59. The fraction of sp³-hybridized carbons (Fsp3) is 0.353. The van der Waals surface area contributed by atoms with Crippen molar-refractivity contribution in [2.24, 2.45) is 0 Å². The van der Waals surface area contributed by atoms with Gasteiger partial charge in [-0.25, -0.2) is 9.59 Å². The monoisotopic (exact) mass is 535 g/mol. The molecule has 0 bridgehead atoms. The van der Waals surface area contributed by atoms with Gasteiger partial charge in [-0.2, -0.15) is 34.8 Å². The average Bonchev–Trinajstić information content (AvgIpc) is 3.22. The molecule has 3 rings (SSSR count). The number of carboxylic acid groups (broad SMARTS) is 1. The summed E-state index contributed by atoms with van der Waals surface area (Å²) in [5, 5.41) is 5.87. The van der Waals surface area contributed by atoms with Gasteiger partial charge in [0.2, 0.25) is 0 Å². The first-order valence-corrected chi connectivity index (χ1v) is 11.1. The van der Waals surface area contributed by atoms with Gasteiger partial charge in [0.25, 0.3) is 10.1 Å². The van der Waals surface area contributed by atoms with Gasteiger partial charge in [-0.05, 0) is 32.0 Å². The molecule has 188 valence electrons. The number of hydrogen-bond acceptors (Lipinski definition) is 6. The van der Waals surface area contributed by atoms with Crippen LogP contribution in [0.15, 0.2) is 36.0 Å². The zero-order valence-corrected chi connectivity index (χ0v) is 18.6. The van der Waals surface area contributed by atoms with E-state index in [-0.39, 0.29) is 5.00 Å². The molecule has 1 saturated heterocycles. The van der Waals surface area contributed by atoms with Crippen molar-refractivity contribution >= 4 is 44.1 Å². The van der Waals surface area contributed by atoms with E-state index in [1.54, 1.807) is 0 Å². The largest absolute Gasteiger partial charge is 0.490 e. The van der Waals surface area contributed by atoms with E-state index in [1.165, 1.54) is 38.4 Å². The van der Waals surface area contributed by atoms with Gasteiger partial charge in [-0.15, -0.1) is 11.3 Å². The number of halogens is 6. The molecule has 1 aliphatic rings. The maximum atomic E-state index is 13.0. The van der Waals surface area contributed by atoms with Crippen molar-refractivity contribution in [2.75, 3.05) is 9.80 Å². The number of carboxylic acids is 1. The normalized spacial score (nSPS) is 18.5. The van der Waals surface area contributed by atoms with Gasteiger partial charge in [0.1, 0.15) is 5.00 Å². The molecule has 0 aliphatic carbocycles. The maximum absolute atomic E-state index is 13.0. The number of alkyl halides is 6. The molecule has 2 aromatic rings. The molecule has 2 amide bonds. The number of thiophene rings is 1. The van der Waals surface area contributed by atoms with Gasteiger partial charge in [0, 0.05) is 23.5 Å². The summed E-state index contributed by atoms with van der Waals surface area (Å²) < 4.78 is 104. The third kappa shape index (κ3) is 5.58. The summed E-state index contributed by atoms with van der Waals surface area (Å²) in [5.41, 5.74) is -2.19. The van der Waals surface area contributed by atoms with E-state index in [2.05, 4.69) is 4.98 Å². The number of hydrogen-bond donors (Lipinski definition) is 2. The van der Waals surface area contributed by atoms with Gasteiger partial charge in [0.15, 0.2) is 5.37 Å². The van der Waals surface area contributed by atoms with Crippen LogP contribution in [0.4, 0.5) is 41.8 Å². The Bertz CT molecular complexity index is 1160. The molecule has 0 spiro atoms. The van der Waals surface area contributed by atoms with Crippen LogP contribution in [0.5, 0.6) is 0 Å². The summed E-state index contributed by atoms with van der Waals surface area (Å²) in [4.78, 5) is 27.5. The van der Waals surface area contributed by atoms with Gasteiger partial charge < -0.3 is 5.11 Å². The van der Waals surface area contributed by atoms with Crippen molar-refractivity contribution in [3.63, 3.8) is 0 Å². The van der Waals surface area contributed by atoms with Crippen molar-refractivity contribution in [2.45, 2.75) is 37.1 Å². The summed E-state index contributed by atoms with van der Waals surface area (Å²) in [7, 11) is -4.83.